The topological polar surface area (TPSA) is 51.7 Å². The van der Waals surface area contributed by atoms with Crippen molar-refractivity contribution in [3.8, 4) is 5.88 Å². The molecule has 1 atom stereocenters. The van der Waals surface area contributed by atoms with Crippen molar-refractivity contribution >= 4 is 11.7 Å². The number of benzene rings is 2. The zero-order chi connectivity index (χ0) is 22.1. The fraction of sp³-hybridized carbons (Fsp3) is 0.308. The van der Waals surface area contributed by atoms with Crippen LogP contribution in [0.5, 0.6) is 5.88 Å². The van der Waals surface area contributed by atoms with Gasteiger partial charge in [0.05, 0.1) is 25.6 Å². The summed E-state index contributed by atoms with van der Waals surface area (Å²) in [6.07, 6.45) is 2.87. The van der Waals surface area contributed by atoms with Crippen molar-refractivity contribution in [2.75, 3.05) is 18.6 Å². The van der Waals surface area contributed by atoms with Crippen LogP contribution in [0.1, 0.15) is 31.4 Å². The predicted molar refractivity (Wildman–Crippen MR) is 123 cm³/mol. The van der Waals surface area contributed by atoms with E-state index in [1.54, 1.807) is 13.3 Å². The summed E-state index contributed by atoms with van der Waals surface area (Å²) in [5.74, 6) is 0.304. The molecule has 31 heavy (non-hydrogen) atoms. The van der Waals surface area contributed by atoms with Crippen molar-refractivity contribution in [2.45, 2.75) is 38.8 Å². The van der Waals surface area contributed by atoms with E-state index in [1.807, 2.05) is 62.4 Å². The number of carbonyl (C=O) groups is 1. The molecule has 0 amide bonds. The van der Waals surface area contributed by atoms with Gasteiger partial charge in [0.25, 0.3) is 0 Å². The number of hydrogen-bond donors (Lipinski definition) is 0. The van der Waals surface area contributed by atoms with E-state index < -0.39 is 5.54 Å². The number of aromatic nitrogens is 1. The maximum atomic E-state index is 13.5. The lowest BCUT2D eigenvalue weighted by Gasteiger charge is -2.43. The minimum atomic E-state index is -0.885. The Labute approximate surface area is 184 Å². The first-order valence-electron chi connectivity index (χ1n) is 10.7. The maximum Gasteiger partial charge on any atom is 0.332 e. The first kappa shape index (κ1) is 22.3. The Balaban J connectivity index is 2.12. The first-order chi connectivity index (χ1) is 15.1. The van der Waals surface area contributed by atoms with Gasteiger partial charge in [-0.1, -0.05) is 67.6 Å². The highest BCUT2D eigenvalue weighted by molar-refractivity contribution is 5.86. The highest BCUT2D eigenvalue weighted by Crippen LogP contribution is 2.34. The second kappa shape index (κ2) is 10.6. The van der Waals surface area contributed by atoms with Crippen LogP contribution >= 0.6 is 0 Å². The fourth-order valence-corrected chi connectivity index (χ4v) is 3.85. The summed E-state index contributed by atoms with van der Waals surface area (Å²) in [4.78, 5) is 20.0. The molecule has 0 aliphatic rings. The zero-order valence-corrected chi connectivity index (χ0v) is 18.5. The quantitative estimate of drug-likeness (QED) is 0.431. The van der Waals surface area contributed by atoms with Gasteiger partial charge in [0.2, 0.25) is 5.88 Å². The molecule has 0 radical (unpaired) electrons. The SMILES string of the molecule is CCOC(=O)[C@@](CC)(Cc1ccccc1)N(Cc1ccccc1)c1ccc(OC)nc1. The van der Waals surface area contributed by atoms with Crippen LogP contribution in [-0.2, 0) is 22.5 Å². The van der Waals surface area contributed by atoms with Crippen molar-refractivity contribution in [1.82, 2.24) is 4.98 Å². The number of anilines is 1. The van der Waals surface area contributed by atoms with Gasteiger partial charge in [-0.3, -0.25) is 0 Å². The number of carbonyl (C=O) groups excluding carboxylic acids is 1. The minimum Gasteiger partial charge on any atom is -0.481 e. The Morgan fingerprint density at radius 1 is 0.935 bits per heavy atom. The summed E-state index contributed by atoms with van der Waals surface area (Å²) < 4.78 is 10.9. The van der Waals surface area contributed by atoms with E-state index in [0.29, 0.717) is 31.9 Å². The molecule has 0 spiro atoms. The molecular formula is C26H30N2O3. The molecule has 1 aromatic heterocycles. The van der Waals surface area contributed by atoms with E-state index >= 15 is 0 Å². The molecule has 5 nitrogen and oxygen atoms in total. The Morgan fingerprint density at radius 3 is 2.10 bits per heavy atom. The molecule has 0 fully saturated rings. The van der Waals surface area contributed by atoms with Gasteiger partial charge in [0, 0.05) is 19.0 Å². The molecule has 0 saturated carbocycles. The van der Waals surface area contributed by atoms with Crippen LogP contribution in [-0.4, -0.2) is 30.2 Å². The minimum absolute atomic E-state index is 0.229. The largest absolute Gasteiger partial charge is 0.481 e. The fourth-order valence-electron chi connectivity index (χ4n) is 3.85. The number of hydrogen-bond acceptors (Lipinski definition) is 5. The lowest BCUT2D eigenvalue weighted by molar-refractivity contribution is -0.150. The third-order valence-electron chi connectivity index (χ3n) is 5.52. The summed E-state index contributed by atoms with van der Waals surface area (Å²) in [5.41, 5.74) is 2.14. The van der Waals surface area contributed by atoms with Crippen LogP contribution < -0.4 is 9.64 Å². The molecule has 0 unspecified atom stereocenters. The summed E-state index contributed by atoms with van der Waals surface area (Å²) in [5, 5.41) is 0. The molecule has 5 heteroatoms. The van der Waals surface area contributed by atoms with E-state index in [0.717, 1.165) is 16.8 Å². The van der Waals surface area contributed by atoms with Crippen molar-refractivity contribution in [3.63, 3.8) is 0 Å². The summed E-state index contributed by atoms with van der Waals surface area (Å²) in [6, 6.07) is 24.0. The smallest absolute Gasteiger partial charge is 0.332 e. The molecule has 0 saturated heterocycles. The van der Waals surface area contributed by atoms with Gasteiger partial charge in [0.1, 0.15) is 5.54 Å². The molecule has 0 N–H and O–H groups in total. The third-order valence-corrected chi connectivity index (χ3v) is 5.52. The van der Waals surface area contributed by atoms with E-state index in [1.165, 1.54) is 0 Å². The average molecular weight is 419 g/mol. The van der Waals surface area contributed by atoms with E-state index in [-0.39, 0.29) is 5.97 Å². The maximum absolute atomic E-state index is 13.5. The van der Waals surface area contributed by atoms with Gasteiger partial charge in [-0.05, 0) is 30.5 Å². The monoisotopic (exact) mass is 418 g/mol. The van der Waals surface area contributed by atoms with Gasteiger partial charge in [-0.2, -0.15) is 0 Å². The van der Waals surface area contributed by atoms with Gasteiger partial charge in [-0.15, -0.1) is 0 Å². The number of esters is 1. The van der Waals surface area contributed by atoms with Crippen LogP contribution in [0.25, 0.3) is 0 Å². The Kier molecular flexibility index (Phi) is 7.65. The molecule has 3 aromatic rings. The van der Waals surface area contributed by atoms with Crippen LogP contribution in [0.4, 0.5) is 5.69 Å². The predicted octanol–water partition coefficient (Wildman–Crippen LogP) is 5.05. The molecule has 2 aromatic carbocycles. The standard InChI is InChI=1S/C26H30N2O3/c1-4-26(25(29)31-5-2,18-21-12-8-6-9-13-21)28(20-22-14-10-7-11-15-22)23-16-17-24(30-3)27-19-23/h6-17,19H,4-5,18,20H2,1-3H3/t26-/m1/s1. The highest BCUT2D eigenvalue weighted by Gasteiger charge is 2.44. The molecule has 162 valence electrons. The van der Waals surface area contributed by atoms with Gasteiger partial charge >= 0.3 is 5.97 Å². The lowest BCUT2D eigenvalue weighted by atomic mass is 9.85. The molecule has 1 heterocycles. The van der Waals surface area contributed by atoms with E-state index in [2.05, 4.69) is 34.1 Å². The van der Waals surface area contributed by atoms with Gasteiger partial charge < -0.3 is 14.4 Å². The second-order valence-electron chi connectivity index (χ2n) is 7.40. The van der Waals surface area contributed by atoms with Crippen molar-refractivity contribution in [1.29, 1.82) is 0 Å². The van der Waals surface area contributed by atoms with Gasteiger partial charge in [-0.25, -0.2) is 9.78 Å². The highest BCUT2D eigenvalue weighted by atomic mass is 16.5. The Morgan fingerprint density at radius 2 is 1.58 bits per heavy atom. The molecular weight excluding hydrogens is 388 g/mol. The number of nitrogens with zero attached hydrogens (tertiary/aromatic N) is 2. The summed E-state index contributed by atoms with van der Waals surface area (Å²) in [6.45, 7) is 4.76. The third kappa shape index (κ3) is 5.23. The lowest BCUT2D eigenvalue weighted by Crippen LogP contribution is -2.57. The normalized spacial score (nSPS) is 12.6. The number of rotatable bonds is 10. The zero-order valence-electron chi connectivity index (χ0n) is 18.5. The van der Waals surface area contributed by atoms with Gasteiger partial charge in [0.15, 0.2) is 0 Å². The number of pyridine rings is 1. The Hall–Kier alpha value is -3.34. The van der Waals surface area contributed by atoms with Crippen molar-refractivity contribution in [2.24, 2.45) is 0 Å². The van der Waals surface area contributed by atoms with Crippen LogP contribution in [0.15, 0.2) is 79.0 Å². The first-order valence-corrected chi connectivity index (χ1v) is 10.7. The Bertz CT molecular complexity index is 945. The molecule has 3 rings (SSSR count). The van der Waals surface area contributed by atoms with Crippen molar-refractivity contribution in [3.05, 3.63) is 90.1 Å². The van der Waals surface area contributed by atoms with E-state index in [4.69, 9.17) is 9.47 Å². The average Bonchev–Trinajstić information content (AvgIpc) is 2.83. The summed E-state index contributed by atoms with van der Waals surface area (Å²) >= 11 is 0. The number of ether oxygens (including phenoxy) is 2. The van der Waals surface area contributed by atoms with Crippen LogP contribution in [0.2, 0.25) is 0 Å². The molecule has 0 aliphatic carbocycles. The van der Waals surface area contributed by atoms with Crippen LogP contribution in [0.3, 0.4) is 0 Å². The van der Waals surface area contributed by atoms with Crippen molar-refractivity contribution < 1.29 is 14.3 Å². The summed E-state index contributed by atoms with van der Waals surface area (Å²) in [7, 11) is 1.59. The second-order valence-corrected chi connectivity index (χ2v) is 7.40. The number of methoxy groups -OCH3 is 1. The van der Waals surface area contributed by atoms with Crippen LogP contribution in [0, 0.1) is 0 Å². The van der Waals surface area contributed by atoms with E-state index in [9.17, 15) is 4.79 Å². The molecule has 0 bridgehead atoms. The molecule has 0 aliphatic heterocycles.